The minimum Gasteiger partial charge on any atom is -0.351 e. The molecule has 0 fully saturated rings. The first-order valence-electron chi connectivity index (χ1n) is 6.83. The molecule has 23 heavy (non-hydrogen) atoms. The van der Waals surface area contributed by atoms with Crippen LogP contribution in [0.25, 0.3) is 0 Å². The predicted octanol–water partition coefficient (Wildman–Crippen LogP) is 1.72. The molecule has 1 aromatic carbocycles. The van der Waals surface area contributed by atoms with Crippen molar-refractivity contribution in [3.8, 4) is 0 Å². The number of benzene rings is 1. The Labute approximate surface area is 139 Å². The maximum atomic E-state index is 12.3. The first kappa shape index (κ1) is 17.4. The van der Waals surface area contributed by atoms with Crippen LogP contribution in [0.1, 0.15) is 12.5 Å². The smallest absolute Gasteiger partial charge is 0.242 e. The fourth-order valence-corrected chi connectivity index (χ4v) is 3.58. The van der Waals surface area contributed by atoms with Crippen LogP contribution in [0.4, 0.5) is 0 Å². The van der Waals surface area contributed by atoms with Crippen LogP contribution in [0.5, 0.6) is 0 Å². The summed E-state index contributed by atoms with van der Waals surface area (Å²) in [7, 11) is -3.87. The van der Waals surface area contributed by atoms with Crippen molar-refractivity contribution < 1.29 is 13.2 Å². The molecule has 8 heteroatoms. The maximum absolute atomic E-state index is 12.3. The standard InChI is InChI=1S/C15H16ClN3O3S/c1-11(15(20)18-10-12-5-4-8-17-9-12)19-23(21,22)14-7-3-2-6-13(14)16/h2-9,11,19H,10H2,1H3,(H,18,20)/t11-/m1/s1. The summed E-state index contributed by atoms with van der Waals surface area (Å²) in [6.45, 7) is 1.73. The molecular formula is C15H16ClN3O3S. The summed E-state index contributed by atoms with van der Waals surface area (Å²) in [5, 5.41) is 2.75. The van der Waals surface area contributed by atoms with Crippen LogP contribution in [0.2, 0.25) is 5.02 Å². The lowest BCUT2D eigenvalue weighted by molar-refractivity contribution is -0.122. The Morgan fingerprint density at radius 2 is 2.00 bits per heavy atom. The largest absolute Gasteiger partial charge is 0.351 e. The monoisotopic (exact) mass is 353 g/mol. The number of rotatable bonds is 6. The zero-order valence-electron chi connectivity index (χ0n) is 12.4. The molecule has 122 valence electrons. The number of aromatic nitrogens is 1. The van der Waals surface area contributed by atoms with Gasteiger partial charge in [-0.3, -0.25) is 9.78 Å². The van der Waals surface area contributed by atoms with Gasteiger partial charge >= 0.3 is 0 Å². The molecule has 2 rings (SSSR count). The number of carbonyl (C=O) groups is 1. The summed E-state index contributed by atoms with van der Waals surface area (Å²) < 4.78 is 26.8. The third-order valence-corrected chi connectivity index (χ3v) is 5.08. The van der Waals surface area contributed by atoms with Gasteiger partial charge in [0.05, 0.1) is 11.1 Å². The normalized spacial score (nSPS) is 12.6. The lowest BCUT2D eigenvalue weighted by Gasteiger charge is -2.15. The lowest BCUT2D eigenvalue weighted by atomic mass is 10.2. The zero-order chi connectivity index (χ0) is 16.9. The van der Waals surface area contributed by atoms with E-state index in [0.29, 0.717) is 0 Å². The topological polar surface area (TPSA) is 88.2 Å². The van der Waals surface area contributed by atoms with Gasteiger partial charge in [0.1, 0.15) is 4.90 Å². The van der Waals surface area contributed by atoms with Crippen molar-refractivity contribution in [1.29, 1.82) is 0 Å². The Hall–Kier alpha value is -1.96. The summed E-state index contributed by atoms with van der Waals surface area (Å²) >= 11 is 5.89. The number of hydrogen-bond acceptors (Lipinski definition) is 4. The van der Waals surface area contributed by atoms with E-state index >= 15 is 0 Å². The zero-order valence-corrected chi connectivity index (χ0v) is 13.9. The van der Waals surface area contributed by atoms with Crippen molar-refractivity contribution >= 4 is 27.5 Å². The highest BCUT2D eigenvalue weighted by Gasteiger charge is 2.23. The molecule has 1 heterocycles. The van der Waals surface area contributed by atoms with Gasteiger partial charge in [-0.05, 0) is 30.7 Å². The molecule has 0 saturated carbocycles. The van der Waals surface area contributed by atoms with Crippen LogP contribution in [-0.2, 0) is 21.4 Å². The molecule has 0 saturated heterocycles. The summed E-state index contributed by atoms with van der Waals surface area (Å²) in [6, 6.07) is 8.68. The van der Waals surface area contributed by atoms with Crippen LogP contribution in [0, 0.1) is 0 Å². The van der Waals surface area contributed by atoms with E-state index in [4.69, 9.17) is 11.6 Å². The molecule has 1 aromatic heterocycles. The van der Waals surface area contributed by atoms with Gasteiger partial charge in [-0.15, -0.1) is 0 Å². The average molecular weight is 354 g/mol. The van der Waals surface area contributed by atoms with Crippen LogP contribution in [-0.4, -0.2) is 25.4 Å². The second-order valence-corrected chi connectivity index (χ2v) is 6.94. The summed E-state index contributed by atoms with van der Waals surface area (Å²) in [6.07, 6.45) is 3.25. The van der Waals surface area contributed by atoms with Crippen LogP contribution >= 0.6 is 11.6 Å². The molecule has 0 spiro atoms. The maximum Gasteiger partial charge on any atom is 0.242 e. The highest BCUT2D eigenvalue weighted by Crippen LogP contribution is 2.20. The fourth-order valence-electron chi connectivity index (χ4n) is 1.86. The summed E-state index contributed by atoms with van der Waals surface area (Å²) in [4.78, 5) is 15.9. The number of sulfonamides is 1. The quantitative estimate of drug-likeness (QED) is 0.827. The molecule has 2 N–H and O–H groups in total. The molecule has 2 aromatic rings. The van der Waals surface area contributed by atoms with Gasteiger partial charge in [-0.1, -0.05) is 29.8 Å². The Morgan fingerprint density at radius 1 is 1.26 bits per heavy atom. The molecule has 0 aliphatic carbocycles. The van der Waals surface area contributed by atoms with Crippen molar-refractivity contribution in [3.05, 3.63) is 59.4 Å². The summed E-state index contributed by atoms with van der Waals surface area (Å²) in [5.74, 6) is -0.440. The number of halogens is 1. The van der Waals surface area contributed by atoms with E-state index in [1.165, 1.54) is 19.1 Å². The first-order valence-corrected chi connectivity index (χ1v) is 8.70. The predicted molar refractivity (Wildman–Crippen MR) is 87.3 cm³/mol. The number of amides is 1. The third kappa shape index (κ3) is 4.75. The number of carbonyl (C=O) groups excluding carboxylic acids is 1. The summed E-state index contributed by atoms with van der Waals surface area (Å²) in [5.41, 5.74) is 0.821. The minimum absolute atomic E-state index is 0.0615. The Balaban J connectivity index is 1.99. The first-order chi connectivity index (χ1) is 10.9. The van der Waals surface area contributed by atoms with Crippen LogP contribution < -0.4 is 10.0 Å². The van der Waals surface area contributed by atoms with Gasteiger partial charge in [0, 0.05) is 18.9 Å². The van der Waals surface area contributed by atoms with Gasteiger partial charge in [0.15, 0.2) is 0 Å². The SMILES string of the molecule is C[C@@H](NS(=O)(=O)c1ccccc1Cl)C(=O)NCc1cccnc1. The highest BCUT2D eigenvalue weighted by atomic mass is 35.5. The molecule has 0 bridgehead atoms. The number of pyridine rings is 1. The van der Waals surface area contributed by atoms with Crippen LogP contribution in [0.3, 0.4) is 0 Å². The van der Waals surface area contributed by atoms with Crippen molar-refractivity contribution in [2.45, 2.75) is 24.4 Å². The van der Waals surface area contributed by atoms with Crippen molar-refractivity contribution in [3.63, 3.8) is 0 Å². The van der Waals surface area contributed by atoms with E-state index in [-0.39, 0.29) is 16.5 Å². The van der Waals surface area contributed by atoms with Gasteiger partial charge in [0.2, 0.25) is 15.9 Å². The van der Waals surface area contributed by atoms with E-state index in [1.54, 1.807) is 30.6 Å². The highest BCUT2D eigenvalue weighted by molar-refractivity contribution is 7.89. The number of hydrogen-bond donors (Lipinski definition) is 2. The Kier molecular flexibility index (Phi) is 5.70. The molecular weight excluding hydrogens is 338 g/mol. The van der Waals surface area contributed by atoms with E-state index in [1.807, 2.05) is 6.07 Å². The molecule has 1 atom stereocenters. The molecule has 0 aliphatic heterocycles. The van der Waals surface area contributed by atoms with E-state index in [0.717, 1.165) is 5.56 Å². The van der Waals surface area contributed by atoms with E-state index < -0.39 is 22.0 Å². The van der Waals surface area contributed by atoms with E-state index in [9.17, 15) is 13.2 Å². The van der Waals surface area contributed by atoms with Crippen LogP contribution in [0.15, 0.2) is 53.7 Å². The molecule has 0 unspecified atom stereocenters. The molecule has 0 aliphatic rings. The van der Waals surface area contributed by atoms with E-state index in [2.05, 4.69) is 15.0 Å². The second kappa shape index (κ2) is 7.54. The van der Waals surface area contributed by atoms with Crippen molar-refractivity contribution in [2.75, 3.05) is 0 Å². The van der Waals surface area contributed by atoms with Gasteiger partial charge in [0.25, 0.3) is 0 Å². The second-order valence-electron chi connectivity index (χ2n) is 4.85. The van der Waals surface area contributed by atoms with Crippen molar-refractivity contribution in [2.24, 2.45) is 0 Å². The van der Waals surface area contributed by atoms with Gasteiger partial charge in [-0.25, -0.2) is 8.42 Å². The number of nitrogens with one attached hydrogen (secondary N) is 2. The Morgan fingerprint density at radius 3 is 2.65 bits per heavy atom. The number of nitrogens with zero attached hydrogens (tertiary/aromatic N) is 1. The average Bonchev–Trinajstić information content (AvgIpc) is 2.53. The molecule has 1 amide bonds. The fraction of sp³-hybridized carbons (Fsp3) is 0.200. The molecule has 6 nitrogen and oxygen atoms in total. The third-order valence-electron chi connectivity index (χ3n) is 3.04. The van der Waals surface area contributed by atoms with Crippen molar-refractivity contribution in [1.82, 2.24) is 15.0 Å². The van der Waals surface area contributed by atoms with Gasteiger partial charge < -0.3 is 5.32 Å². The minimum atomic E-state index is -3.87. The Bertz CT molecular complexity index is 782. The lowest BCUT2D eigenvalue weighted by Crippen LogP contribution is -2.44. The van der Waals surface area contributed by atoms with Gasteiger partial charge in [-0.2, -0.15) is 4.72 Å². The molecule has 0 radical (unpaired) electrons.